The van der Waals surface area contributed by atoms with E-state index < -0.39 is 0 Å². The van der Waals surface area contributed by atoms with Crippen molar-refractivity contribution in [2.75, 3.05) is 0 Å². The zero-order valence-corrected chi connectivity index (χ0v) is 9.93. The van der Waals surface area contributed by atoms with Gasteiger partial charge in [-0.2, -0.15) is 0 Å². The summed E-state index contributed by atoms with van der Waals surface area (Å²) in [5.41, 5.74) is 1.25. The molecule has 2 aromatic carbocycles. The lowest BCUT2D eigenvalue weighted by molar-refractivity contribution is 0.475. The summed E-state index contributed by atoms with van der Waals surface area (Å²) in [6, 6.07) is 18.1. The van der Waals surface area contributed by atoms with Crippen LogP contribution in [0.3, 0.4) is 0 Å². The summed E-state index contributed by atoms with van der Waals surface area (Å²) in [5, 5.41) is 0. The highest BCUT2D eigenvalue weighted by Gasteiger charge is 2.03. The predicted molar refractivity (Wildman–Crippen MR) is 71.3 cm³/mol. The first-order valence-electron chi connectivity index (χ1n) is 6.00. The molecule has 0 fully saturated rings. The standard InChI is InChI=1S/C16H17O/c1-2-3-9-14-10-7-8-13-16(14)17-15-11-5-4-6-12-15/h4-8,10-13H,1-3,9H2. The number of benzene rings is 2. The Morgan fingerprint density at radius 3 is 2.35 bits per heavy atom. The molecule has 2 aromatic rings. The van der Waals surface area contributed by atoms with Gasteiger partial charge in [-0.15, -0.1) is 0 Å². The minimum atomic E-state index is 0.884. The number of para-hydroxylation sites is 2. The second-order valence-corrected chi connectivity index (χ2v) is 3.98. The highest BCUT2D eigenvalue weighted by Crippen LogP contribution is 2.26. The maximum absolute atomic E-state index is 5.89. The van der Waals surface area contributed by atoms with E-state index in [4.69, 9.17) is 4.74 Å². The van der Waals surface area contributed by atoms with Crippen molar-refractivity contribution in [3.63, 3.8) is 0 Å². The van der Waals surface area contributed by atoms with Crippen molar-refractivity contribution in [1.82, 2.24) is 0 Å². The number of hydrogen-bond donors (Lipinski definition) is 0. The van der Waals surface area contributed by atoms with E-state index in [0.717, 1.165) is 30.8 Å². The molecule has 0 aliphatic rings. The SMILES string of the molecule is [CH2]CCCc1ccccc1Oc1ccccc1. The van der Waals surface area contributed by atoms with Gasteiger partial charge in [0.05, 0.1) is 0 Å². The Labute approximate surface area is 103 Å². The van der Waals surface area contributed by atoms with Gasteiger partial charge in [0.1, 0.15) is 11.5 Å². The van der Waals surface area contributed by atoms with Gasteiger partial charge in [0, 0.05) is 0 Å². The smallest absolute Gasteiger partial charge is 0.130 e. The topological polar surface area (TPSA) is 9.23 Å². The maximum Gasteiger partial charge on any atom is 0.130 e. The number of ether oxygens (including phenoxy) is 1. The third-order valence-electron chi connectivity index (χ3n) is 2.64. The Morgan fingerprint density at radius 2 is 1.59 bits per heavy atom. The van der Waals surface area contributed by atoms with Crippen LogP contribution in [-0.2, 0) is 6.42 Å². The highest BCUT2D eigenvalue weighted by atomic mass is 16.5. The van der Waals surface area contributed by atoms with Crippen LogP contribution in [0.25, 0.3) is 0 Å². The van der Waals surface area contributed by atoms with E-state index in [0.29, 0.717) is 0 Å². The predicted octanol–water partition coefficient (Wildman–Crippen LogP) is 4.64. The molecular formula is C16H17O. The van der Waals surface area contributed by atoms with E-state index in [1.54, 1.807) is 0 Å². The second-order valence-electron chi connectivity index (χ2n) is 3.98. The first kappa shape index (κ1) is 11.7. The zero-order valence-electron chi connectivity index (χ0n) is 9.93. The average molecular weight is 225 g/mol. The van der Waals surface area contributed by atoms with Crippen molar-refractivity contribution in [2.45, 2.75) is 19.3 Å². The van der Waals surface area contributed by atoms with E-state index in [9.17, 15) is 0 Å². The van der Waals surface area contributed by atoms with Gasteiger partial charge in [-0.25, -0.2) is 0 Å². The molecule has 2 rings (SSSR count). The molecular weight excluding hydrogens is 208 g/mol. The Balaban J connectivity index is 2.15. The molecule has 0 unspecified atom stereocenters. The van der Waals surface area contributed by atoms with Crippen molar-refractivity contribution in [1.29, 1.82) is 0 Å². The lowest BCUT2D eigenvalue weighted by Crippen LogP contribution is -1.91. The second kappa shape index (κ2) is 6.09. The molecule has 0 N–H and O–H groups in total. The van der Waals surface area contributed by atoms with Crippen LogP contribution in [0.1, 0.15) is 18.4 Å². The summed E-state index contributed by atoms with van der Waals surface area (Å²) in [5.74, 6) is 1.83. The van der Waals surface area contributed by atoms with E-state index in [1.807, 2.05) is 42.5 Å². The average Bonchev–Trinajstić information content (AvgIpc) is 2.39. The monoisotopic (exact) mass is 225 g/mol. The van der Waals surface area contributed by atoms with Crippen LogP contribution in [0.2, 0.25) is 0 Å². The van der Waals surface area contributed by atoms with Gasteiger partial charge >= 0.3 is 0 Å². The fourth-order valence-corrected chi connectivity index (χ4v) is 1.74. The molecule has 87 valence electrons. The van der Waals surface area contributed by atoms with E-state index >= 15 is 0 Å². The molecule has 0 saturated carbocycles. The van der Waals surface area contributed by atoms with Gasteiger partial charge in [0.15, 0.2) is 0 Å². The molecule has 0 aromatic heterocycles. The van der Waals surface area contributed by atoms with Crippen molar-refractivity contribution in [2.24, 2.45) is 0 Å². The summed E-state index contributed by atoms with van der Waals surface area (Å²) in [4.78, 5) is 0. The molecule has 0 amide bonds. The third-order valence-corrected chi connectivity index (χ3v) is 2.64. The molecule has 0 spiro atoms. The normalized spacial score (nSPS) is 10.2. The van der Waals surface area contributed by atoms with Gasteiger partial charge in [0.25, 0.3) is 0 Å². The summed E-state index contributed by atoms with van der Waals surface area (Å²) in [6.07, 6.45) is 3.07. The molecule has 1 radical (unpaired) electrons. The molecule has 0 atom stereocenters. The van der Waals surface area contributed by atoms with E-state index in [-0.39, 0.29) is 0 Å². The number of aryl methyl sites for hydroxylation is 1. The van der Waals surface area contributed by atoms with Crippen LogP contribution in [-0.4, -0.2) is 0 Å². The number of hydrogen-bond acceptors (Lipinski definition) is 1. The van der Waals surface area contributed by atoms with Gasteiger partial charge in [-0.1, -0.05) is 49.7 Å². The summed E-state index contributed by atoms with van der Waals surface area (Å²) in [7, 11) is 0. The fourth-order valence-electron chi connectivity index (χ4n) is 1.74. The first-order chi connectivity index (χ1) is 8.40. The van der Waals surface area contributed by atoms with E-state index in [1.165, 1.54) is 5.56 Å². The summed E-state index contributed by atoms with van der Waals surface area (Å²) in [6.45, 7) is 3.87. The Kier molecular flexibility index (Phi) is 4.20. The lowest BCUT2D eigenvalue weighted by Gasteiger charge is -2.10. The molecule has 0 bridgehead atoms. The number of rotatable bonds is 5. The van der Waals surface area contributed by atoms with Crippen molar-refractivity contribution < 1.29 is 4.74 Å². The zero-order chi connectivity index (χ0) is 11.9. The van der Waals surface area contributed by atoms with Crippen LogP contribution in [0, 0.1) is 6.92 Å². The molecule has 1 heteroatoms. The maximum atomic E-state index is 5.89. The molecule has 0 saturated heterocycles. The third kappa shape index (κ3) is 3.35. The minimum Gasteiger partial charge on any atom is -0.457 e. The largest absolute Gasteiger partial charge is 0.457 e. The Morgan fingerprint density at radius 1 is 0.882 bits per heavy atom. The van der Waals surface area contributed by atoms with Gasteiger partial charge < -0.3 is 4.74 Å². The summed E-state index contributed by atoms with van der Waals surface area (Å²) >= 11 is 0. The molecule has 1 nitrogen and oxygen atoms in total. The van der Waals surface area contributed by atoms with Crippen molar-refractivity contribution in [3.05, 3.63) is 67.1 Å². The molecule has 0 aliphatic heterocycles. The van der Waals surface area contributed by atoms with E-state index in [2.05, 4.69) is 19.1 Å². The van der Waals surface area contributed by atoms with Gasteiger partial charge in [-0.3, -0.25) is 0 Å². The Hall–Kier alpha value is -1.76. The molecule has 0 heterocycles. The van der Waals surface area contributed by atoms with Crippen LogP contribution < -0.4 is 4.74 Å². The first-order valence-corrected chi connectivity index (χ1v) is 6.00. The molecule has 17 heavy (non-hydrogen) atoms. The van der Waals surface area contributed by atoms with Gasteiger partial charge in [-0.05, 0) is 36.6 Å². The van der Waals surface area contributed by atoms with Crippen LogP contribution in [0.4, 0.5) is 0 Å². The fraction of sp³-hybridized carbons (Fsp3) is 0.188. The molecule has 0 aliphatic carbocycles. The summed E-state index contributed by atoms with van der Waals surface area (Å²) < 4.78 is 5.89. The van der Waals surface area contributed by atoms with Crippen molar-refractivity contribution in [3.8, 4) is 11.5 Å². The van der Waals surface area contributed by atoms with Crippen molar-refractivity contribution >= 4 is 0 Å². The quantitative estimate of drug-likeness (QED) is 0.720. The number of unbranched alkanes of at least 4 members (excludes halogenated alkanes) is 1. The Bertz CT molecular complexity index is 448. The lowest BCUT2D eigenvalue weighted by atomic mass is 10.1. The highest BCUT2D eigenvalue weighted by molar-refractivity contribution is 5.37. The van der Waals surface area contributed by atoms with Crippen LogP contribution in [0.15, 0.2) is 54.6 Å². The van der Waals surface area contributed by atoms with Gasteiger partial charge in [0.2, 0.25) is 0 Å². The minimum absolute atomic E-state index is 0.884. The van der Waals surface area contributed by atoms with Crippen LogP contribution >= 0.6 is 0 Å². The van der Waals surface area contributed by atoms with Crippen LogP contribution in [0.5, 0.6) is 11.5 Å².